The molecule has 116 valence electrons. The van der Waals surface area contributed by atoms with Crippen LogP contribution in [-0.2, 0) is 10.2 Å². The summed E-state index contributed by atoms with van der Waals surface area (Å²) < 4.78 is 16.3. The normalized spacial score (nSPS) is 18.7. The molecule has 2 heterocycles. The Morgan fingerprint density at radius 1 is 1.14 bits per heavy atom. The minimum atomic E-state index is -0.0940. The Labute approximate surface area is 140 Å². The number of aliphatic imine (C=N–C) groups is 1. The molecule has 3 rings (SSSR count). The van der Waals surface area contributed by atoms with E-state index in [-0.39, 0.29) is 42.1 Å². The van der Waals surface area contributed by atoms with Gasteiger partial charge in [0.2, 0.25) is 6.79 Å². The lowest BCUT2D eigenvalue weighted by Crippen LogP contribution is -2.38. The van der Waals surface area contributed by atoms with Crippen LogP contribution < -0.4 is 20.9 Å². The van der Waals surface area contributed by atoms with Crippen LogP contribution in [0.4, 0.5) is 0 Å². The van der Waals surface area contributed by atoms with Gasteiger partial charge < -0.3 is 25.7 Å². The van der Waals surface area contributed by atoms with Crippen molar-refractivity contribution in [1.29, 1.82) is 0 Å². The molecule has 0 bridgehead atoms. The minimum Gasteiger partial charge on any atom is -0.454 e. The smallest absolute Gasteiger partial charge is 0.231 e. The van der Waals surface area contributed by atoms with Gasteiger partial charge in [0.05, 0.1) is 6.54 Å². The third-order valence-electron chi connectivity index (χ3n) is 4.00. The molecule has 1 aromatic rings. The lowest BCUT2D eigenvalue weighted by Gasteiger charge is -2.36. The Bertz CT molecular complexity index is 526. The molecule has 4 N–H and O–H groups in total. The summed E-state index contributed by atoms with van der Waals surface area (Å²) in [7, 11) is 0. The van der Waals surface area contributed by atoms with Crippen molar-refractivity contribution in [1.82, 2.24) is 0 Å². The zero-order chi connectivity index (χ0) is 14.0. The number of fused-ring (bicyclic) bond motifs is 1. The lowest BCUT2D eigenvalue weighted by atomic mass is 9.74. The summed E-state index contributed by atoms with van der Waals surface area (Å²) in [5, 5.41) is 0. The molecule has 1 saturated heterocycles. The molecule has 21 heavy (non-hydrogen) atoms. The van der Waals surface area contributed by atoms with Crippen LogP contribution in [0.1, 0.15) is 18.4 Å². The van der Waals surface area contributed by atoms with Crippen molar-refractivity contribution in [2.45, 2.75) is 18.3 Å². The number of rotatable bonds is 3. The summed E-state index contributed by atoms with van der Waals surface area (Å²) in [6.07, 6.45) is 1.78. The van der Waals surface area contributed by atoms with E-state index >= 15 is 0 Å². The van der Waals surface area contributed by atoms with E-state index in [9.17, 15) is 0 Å². The molecule has 0 amide bonds. The predicted octanol–water partition coefficient (Wildman–Crippen LogP) is 1.35. The van der Waals surface area contributed by atoms with E-state index < -0.39 is 0 Å². The van der Waals surface area contributed by atoms with Crippen molar-refractivity contribution < 1.29 is 14.2 Å². The summed E-state index contributed by atoms with van der Waals surface area (Å²) >= 11 is 0. The van der Waals surface area contributed by atoms with Crippen LogP contribution in [0.25, 0.3) is 0 Å². The number of nitrogens with zero attached hydrogens (tertiary/aromatic N) is 1. The number of guanidine groups is 1. The zero-order valence-corrected chi connectivity index (χ0v) is 14.0. The molecule has 0 aliphatic carbocycles. The van der Waals surface area contributed by atoms with Gasteiger partial charge in [-0.2, -0.15) is 0 Å². The summed E-state index contributed by atoms with van der Waals surface area (Å²) in [6, 6.07) is 6.06. The van der Waals surface area contributed by atoms with E-state index in [0.717, 1.165) is 24.3 Å². The molecule has 0 radical (unpaired) electrons. The highest BCUT2D eigenvalue weighted by molar-refractivity contribution is 14.0. The number of ether oxygens (including phenoxy) is 3. The van der Waals surface area contributed by atoms with Crippen molar-refractivity contribution in [3.63, 3.8) is 0 Å². The quantitative estimate of drug-likeness (QED) is 0.450. The van der Waals surface area contributed by atoms with Crippen molar-refractivity contribution in [2.75, 3.05) is 26.6 Å². The highest BCUT2D eigenvalue weighted by atomic mass is 127. The number of halogens is 1. The number of nitrogens with two attached hydrogens (primary N) is 2. The standard InChI is InChI=1S/C14H19N3O3.HI/c15-13(16)17-8-14(3-5-18-6-4-14)10-1-2-11-12(7-10)20-9-19-11;/h1-2,7H,3-6,8-9H2,(H4,15,16,17);1H. The molecule has 6 nitrogen and oxygen atoms in total. The van der Waals surface area contributed by atoms with Gasteiger partial charge >= 0.3 is 0 Å². The van der Waals surface area contributed by atoms with Gasteiger partial charge in [-0.15, -0.1) is 24.0 Å². The summed E-state index contributed by atoms with van der Waals surface area (Å²) in [6.45, 7) is 2.28. The van der Waals surface area contributed by atoms with Gasteiger partial charge in [-0.1, -0.05) is 6.07 Å². The van der Waals surface area contributed by atoms with Crippen LogP contribution in [0.3, 0.4) is 0 Å². The van der Waals surface area contributed by atoms with E-state index in [0.29, 0.717) is 19.8 Å². The Morgan fingerprint density at radius 3 is 2.57 bits per heavy atom. The second kappa shape index (κ2) is 6.69. The maximum Gasteiger partial charge on any atom is 0.231 e. The van der Waals surface area contributed by atoms with E-state index in [1.165, 1.54) is 5.56 Å². The molecule has 0 unspecified atom stereocenters. The molecule has 2 aliphatic rings. The molecule has 1 fully saturated rings. The monoisotopic (exact) mass is 405 g/mol. The molecule has 1 aromatic carbocycles. The molecule has 0 saturated carbocycles. The summed E-state index contributed by atoms with van der Waals surface area (Å²) in [4.78, 5) is 4.23. The first-order chi connectivity index (χ1) is 9.70. The topological polar surface area (TPSA) is 92.1 Å². The molecule has 0 atom stereocenters. The molecular weight excluding hydrogens is 385 g/mol. The van der Waals surface area contributed by atoms with Gasteiger partial charge in [0, 0.05) is 18.6 Å². The first-order valence-corrected chi connectivity index (χ1v) is 6.73. The fourth-order valence-electron chi connectivity index (χ4n) is 2.77. The van der Waals surface area contributed by atoms with Gasteiger partial charge in [-0.05, 0) is 30.5 Å². The van der Waals surface area contributed by atoms with Crippen LogP contribution in [0.15, 0.2) is 23.2 Å². The van der Waals surface area contributed by atoms with Crippen LogP contribution >= 0.6 is 24.0 Å². The highest BCUT2D eigenvalue weighted by Crippen LogP contribution is 2.41. The Morgan fingerprint density at radius 2 is 1.86 bits per heavy atom. The van der Waals surface area contributed by atoms with E-state index in [1.807, 2.05) is 12.1 Å². The summed E-state index contributed by atoms with van der Waals surface area (Å²) in [5.41, 5.74) is 12.1. The fourth-order valence-corrected chi connectivity index (χ4v) is 2.77. The van der Waals surface area contributed by atoms with Gasteiger partial charge in [0.25, 0.3) is 0 Å². The largest absolute Gasteiger partial charge is 0.454 e. The predicted molar refractivity (Wildman–Crippen MR) is 90.4 cm³/mol. The third-order valence-corrected chi connectivity index (χ3v) is 4.00. The van der Waals surface area contributed by atoms with E-state index in [2.05, 4.69) is 11.1 Å². The second-order valence-corrected chi connectivity index (χ2v) is 5.20. The maximum absolute atomic E-state index is 5.49. The van der Waals surface area contributed by atoms with E-state index in [1.54, 1.807) is 0 Å². The lowest BCUT2D eigenvalue weighted by molar-refractivity contribution is 0.0530. The molecule has 0 spiro atoms. The Hall–Kier alpha value is -1.22. The number of hydrogen-bond donors (Lipinski definition) is 2. The van der Waals surface area contributed by atoms with Crippen LogP contribution in [0.2, 0.25) is 0 Å². The highest BCUT2D eigenvalue weighted by Gasteiger charge is 2.35. The fraction of sp³-hybridized carbons (Fsp3) is 0.500. The number of hydrogen-bond acceptors (Lipinski definition) is 4. The van der Waals surface area contributed by atoms with Gasteiger partial charge in [-0.25, -0.2) is 0 Å². The van der Waals surface area contributed by atoms with Crippen molar-refractivity contribution >= 4 is 29.9 Å². The minimum absolute atomic E-state index is 0. The van der Waals surface area contributed by atoms with Crippen LogP contribution in [0.5, 0.6) is 11.5 Å². The first-order valence-electron chi connectivity index (χ1n) is 6.73. The van der Waals surface area contributed by atoms with Gasteiger partial charge in [-0.3, -0.25) is 4.99 Å². The average molecular weight is 405 g/mol. The third kappa shape index (κ3) is 3.34. The van der Waals surface area contributed by atoms with Crippen LogP contribution in [-0.4, -0.2) is 32.5 Å². The van der Waals surface area contributed by atoms with Gasteiger partial charge in [0.1, 0.15) is 0 Å². The van der Waals surface area contributed by atoms with Crippen molar-refractivity contribution in [3.8, 4) is 11.5 Å². The zero-order valence-electron chi connectivity index (χ0n) is 11.7. The molecule has 0 aromatic heterocycles. The van der Waals surface area contributed by atoms with Gasteiger partial charge in [0.15, 0.2) is 17.5 Å². The Kier molecular flexibility index (Phi) is 5.15. The Balaban J connectivity index is 0.00000161. The molecular formula is C14H20IN3O3. The van der Waals surface area contributed by atoms with Crippen molar-refractivity contribution in [2.24, 2.45) is 16.5 Å². The molecule has 7 heteroatoms. The second-order valence-electron chi connectivity index (χ2n) is 5.20. The summed E-state index contributed by atoms with van der Waals surface area (Å²) in [5.74, 6) is 1.70. The van der Waals surface area contributed by atoms with Crippen LogP contribution in [0, 0.1) is 0 Å². The van der Waals surface area contributed by atoms with E-state index in [4.69, 9.17) is 25.7 Å². The van der Waals surface area contributed by atoms with Crippen molar-refractivity contribution in [3.05, 3.63) is 23.8 Å². The molecule has 2 aliphatic heterocycles. The number of benzene rings is 1. The maximum atomic E-state index is 5.49. The SMILES string of the molecule is I.NC(N)=NCC1(c2ccc3c(c2)OCO3)CCOCC1. The average Bonchev–Trinajstić information content (AvgIpc) is 2.93. The first kappa shape index (κ1) is 16.2.